The number of hydrogen-bond donors (Lipinski definition) is 1. The van der Waals surface area contributed by atoms with Crippen molar-refractivity contribution in [2.45, 2.75) is 39.7 Å². The number of carbonyl (C=O) groups excluding carboxylic acids is 2. The zero-order valence-corrected chi connectivity index (χ0v) is 16.2. The van der Waals surface area contributed by atoms with Crippen LogP contribution in [0.5, 0.6) is 0 Å². The number of likely N-dealkylation sites (tertiary alicyclic amines) is 1. The first-order valence-electron chi connectivity index (χ1n) is 9.68. The Morgan fingerprint density at radius 1 is 0.963 bits per heavy atom. The zero-order chi connectivity index (χ0) is 19.2. The minimum absolute atomic E-state index is 0.00142. The minimum atomic E-state index is -0.00142. The van der Waals surface area contributed by atoms with E-state index in [9.17, 15) is 9.59 Å². The molecule has 1 fully saturated rings. The molecule has 0 aromatic heterocycles. The van der Waals surface area contributed by atoms with Gasteiger partial charge in [0.05, 0.1) is 6.42 Å². The molecule has 0 unspecified atom stereocenters. The Balaban J connectivity index is 1.44. The molecule has 1 aliphatic rings. The molecule has 0 atom stereocenters. The normalized spacial score (nSPS) is 14.8. The first kappa shape index (κ1) is 19.2. The SMILES string of the molecule is Cc1ccc(CNC(=O)C2CCN(C(=O)Cc3cccc(C)c3)CC2)cc1. The lowest BCUT2D eigenvalue weighted by molar-refractivity contribution is -0.135. The number of carbonyl (C=O) groups is 2. The molecule has 0 bridgehead atoms. The summed E-state index contributed by atoms with van der Waals surface area (Å²) in [6, 6.07) is 16.3. The van der Waals surface area contributed by atoms with Crippen LogP contribution in [0.1, 0.15) is 35.1 Å². The predicted octanol–water partition coefficient (Wildman–Crippen LogP) is 3.40. The molecule has 3 rings (SSSR count). The van der Waals surface area contributed by atoms with Crippen molar-refractivity contribution in [2.75, 3.05) is 13.1 Å². The topological polar surface area (TPSA) is 49.4 Å². The van der Waals surface area contributed by atoms with Crippen LogP contribution in [0, 0.1) is 19.8 Å². The molecule has 142 valence electrons. The fourth-order valence-corrected chi connectivity index (χ4v) is 3.54. The van der Waals surface area contributed by atoms with Crippen LogP contribution in [-0.4, -0.2) is 29.8 Å². The molecule has 2 aromatic rings. The second kappa shape index (κ2) is 8.85. The van der Waals surface area contributed by atoms with Crippen molar-refractivity contribution in [3.63, 3.8) is 0 Å². The number of piperidine rings is 1. The molecule has 4 heteroatoms. The van der Waals surface area contributed by atoms with E-state index >= 15 is 0 Å². The van der Waals surface area contributed by atoms with Gasteiger partial charge in [-0.1, -0.05) is 59.7 Å². The third-order valence-electron chi connectivity index (χ3n) is 5.24. The van der Waals surface area contributed by atoms with E-state index in [0.717, 1.165) is 24.0 Å². The number of aryl methyl sites for hydroxylation is 2. The maximum absolute atomic E-state index is 12.5. The summed E-state index contributed by atoms with van der Waals surface area (Å²) in [5, 5.41) is 3.04. The molecular weight excluding hydrogens is 336 g/mol. The lowest BCUT2D eigenvalue weighted by atomic mass is 9.95. The summed E-state index contributed by atoms with van der Waals surface area (Å²) in [4.78, 5) is 26.8. The van der Waals surface area contributed by atoms with E-state index in [4.69, 9.17) is 0 Å². The van der Waals surface area contributed by atoms with Gasteiger partial charge < -0.3 is 10.2 Å². The number of nitrogens with one attached hydrogen (secondary N) is 1. The Kier molecular flexibility index (Phi) is 6.28. The van der Waals surface area contributed by atoms with Crippen LogP contribution in [-0.2, 0) is 22.6 Å². The highest BCUT2D eigenvalue weighted by molar-refractivity contribution is 5.81. The first-order valence-corrected chi connectivity index (χ1v) is 9.68. The lowest BCUT2D eigenvalue weighted by Crippen LogP contribution is -2.43. The molecule has 0 saturated carbocycles. The monoisotopic (exact) mass is 364 g/mol. The smallest absolute Gasteiger partial charge is 0.226 e. The Morgan fingerprint density at radius 3 is 2.33 bits per heavy atom. The van der Waals surface area contributed by atoms with E-state index in [-0.39, 0.29) is 17.7 Å². The molecule has 1 N–H and O–H groups in total. The molecular formula is C23H28N2O2. The van der Waals surface area contributed by atoms with Gasteiger partial charge in [0.15, 0.2) is 0 Å². The van der Waals surface area contributed by atoms with E-state index < -0.39 is 0 Å². The zero-order valence-electron chi connectivity index (χ0n) is 16.2. The fourth-order valence-electron chi connectivity index (χ4n) is 3.54. The average molecular weight is 364 g/mol. The molecule has 4 nitrogen and oxygen atoms in total. The Morgan fingerprint density at radius 2 is 1.67 bits per heavy atom. The van der Waals surface area contributed by atoms with Crippen molar-refractivity contribution >= 4 is 11.8 Å². The van der Waals surface area contributed by atoms with Crippen molar-refractivity contribution < 1.29 is 9.59 Å². The summed E-state index contributed by atoms with van der Waals surface area (Å²) < 4.78 is 0. The Labute approximate surface area is 161 Å². The molecule has 0 radical (unpaired) electrons. The van der Waals surface area contributed by atoms with Crippen LogP contribution < -0.4 is 5.32 Å². The summed E-state index contributed by atoms with van der Waals surface area (Å²) >= 11 is 0. The molecule has 27 heavy (non-hydrogen) atoms. The van der Waals surface area contributed by atoms with Crippen molar-refractivity contribution in [1.29, 1.82) is 0 Å². The third-order valence-corrected chi connectivity index (χ3v) is 5.24. The van der Waals surface area contributed by atoms with Gasteiger partial charge >= 0.3 is 0 Å². The van der Waals surface area contributed by atoms with Gasteiger partial charge in [-0.15, -0.1) is 0 Å². The highest BCUT2D eigenvalue weighted by Crippen LogP contribution is 2.19. The summed E-state index contributed by atoms with van der Waals surface area (Å²) in [5.41, 5.74) is 4.55. The summed E-state index contributed by atoms with van der Waals surface area (Å²) in [6.07, 6.45) is 1.91. The molecule has 1 saturated heterocycles. The predicted molar refractivity (Wildman–Crippen MR) is 107 cm³/mol. The van der Waals surface area contributed by atoms with Gasteiger partial charge in [-0.25, -0.2) is 0 Å². The van der Waals surface area contributed by atoms with Crippen LogP contribution in [0.25, 0.3) is 0 Å². The summed E-state index contributed by atoms with van der Waals surface area (Å²) in [7, 11) is 0. The van der Waals surface area contributed by atoms with E-state index in [2.05, 4.69) is 30.4 Å². The fraction of sp³-hybridized carbons (Fsp3) is 0.391. The van der Waals surface area contributed by atoms with Crippen LogP contribution >= 0.6 is 0 Å². The standard InChI is InChI=1S/C23H28N2O2/c1-17-6-8-19(9-7-17)16-24-23(27)21-10-12-25(13-11-21)22(26)15-20-5-3-4-18(2)14-20/h3-9,14,21H,10-13,15-16H2,1-2H3,(H,24,27). The average Bonchev–Trinajstić information content (AvgIpc) is 2.67. The van der Waals surface area contributed by atoms with Crippen molar-refractivity contribution in [2.24, 2.45) is 5.92 Å². The van der Waals surface area contributed by atoms with Gasteiger partial charge in [-0.2, -0.15) is 0 Å². The van der Waals surface area contributed by atoms with E-state index in [1.165, 1.54) is 11.1 Å². The summed E-state index contributed by atoms with van der Waals surface area (Å²) in [5.74, 6) is 0.249. The van der Waals surface area contributed by atoms with E-state index in [1.54, 1.807) is 0 Å². The largest absolute Gasteiger partial charge is 0.352 e. The van der Waals surface area contributed by atoms with Crippen molar-refractivity contribution in [3.05, 3.63) is 70.8 Å². The number of nitrogens with zero attached hydrogens (tertiary/aromatic N) is 1. The molecule has 0 aliphatic carbocycles. The van der Waals surface area contributed by atoms with Gasteiger partial charge in [0, 0.05) is 25.6 Å². The van der Waals surface area contributed by atoms with Crippen molar-refractivity contribution in [3.8, 4) is 0 Å². The van der Waals surface area contributed by atoms with Crippen molar-refractivity contribution in [1.82, 2.24) is 10.2 Å². The second-order valence-corrected chi connectivity index (χ2v) is 7.52. The molecule has 2 aromatic carbocycles. The number of benzene rings is 2. The highest BCUT2D eigenvalue weighted by atomic mass is 16.2. The van der Waals surface area contributed by atoms with Gasteiger partial charge in [0.25, 0.3) is 0 Å². The quantitative estimate of drug-likeness (QED) is 0.884. The Bertz CT molecular complexity index is 790. The maximum Gasteiger partial charge on any atom is 0.226 e. The maximum atomic E-state index is 12.5. The van der Waals surface area contributed by atoms with Crippen LogP contribution in [0.15, 0.2) is 48.5 Å². The number of hydrogen-bond acceptors (Lipinski definition) is 2. The van der Waals surface area contributed by atoms with E-state index in [0.29, 0.717) is 26.1 Å². The molecule has 1 heterocycles. The lowest BCUT2D eigenvalue weighted by Gasteiger charge is -2.31. The molecule has 1 aliphatic heterocycles. The molecule has 2 amide bonds. The van der Waals surface area contributed by atoms with Crippen LogP contribution in [0.3, 0.4) is 0 Å². The Hall–Kier alpha value is -2.62. The van der Waals surface area contributed by atoms with Gasteiger partial charge in [0.1, 0.15) is 0 Å². The second-order valence-electron chi connectivity index (χ2n) is 7.52. The highest BCUT2D eigenvalue weighted by Gasteiger charge is 2.27. The minimum Gasteiger partial charge on any atom is -0.352 e. The molecule has 0 spiro atoms. The number of rotatable bonds is 5. The van der Waals surface area contributed by atoms with E-state index in [1.807, 2.05) is 42.2 Å². The van der Waals surface area contributed by atoms with Gasteiger partial charge in [0.2, 0.25) is 11.8 Å². The van der Waals surface area contributed by atoms with Crippen LogP contribution in [0.2, 0.25) is 0 Å². The number of amides is 2. The third kappa shape index (κ3) is 5.43. The van der Waals surface area contributed by atoms with Gasteiger partial charge in [-0.3, -0.25) is 9.59 Å². The summed E-state index contributed by atoms with van der Waals surface area (Å²) in [6.45, 7) is 5.97. The van der Waals surface area contributed by atoms with Gasteiger partial charge in [-0.05, 0) is 37.8 Å². The first-order chi connectivity index (χ1) is 13.0. The van der Waals surface area contributed by atoms with Crippen LogP contribution in [0.4, 0.5) is 0 Å².